The second kappa shape index (κ2) is 12.3. The van der Waals surface area contributed by atoms with E-state index in [4.69, 9.17) is 5.11 Å². The smallest absolute Gasteiger partial charge is 0.303 e. The topological polar surface area (TPSA) is 85.4 Å². The number of carboxylic acids is 1. The zero-order valence-electron chi connectivity index (χ0n) is 20.6. The standard InChI is InChI=1S/C28H37N3O3/c1-4-7-11-25(22-10-8-9-12-26(22)31(5-2)6-3)30-27(32)18-20-13-15-24-23(17-20)21(19-29-24)14-16-28(33)34/h8-10,12-13,15,17,19,25,29H,4-7,11,14,16,18H2,1-3H3,(H,30,32)(H,33,34). The molecule has 0 aliphatic rings. The molecule has 2 aromatic carbocycles. The van der Waals surface area contributed by atoms with Crippen LogP contribution < -0.4 is 10.2 Å². The molecule has 1 unspecified atom stereocenters. The maximum absolute atomic E-state index is 13.1. The van der Waals surface area contributed by atoms with Crippen LogP contribution in [0.3, 0.4) is 0 Å². The van der Waals surface area contributed by atoms with Gasteiger partial charge in [0.15, 0.2) is 0 Å². The van der Waals surface area contributed by atoms with E-state index in [9.17, 15) is 9.59 Å². The molecule has 3 N–H and O–H groups in total. The van der Waals surface area contributed by atoms with Gasteiger partial charge in [-0.2, -0.15) is 0 Å². The lowest BCUT2D eigenvalue weighted by atomic mass is 9.97. The van der Waals surface area contributed by atoms with Crippen LogP contribution in [0.4, 0.5) is 5.69 Å². The summed E-state index contributed by atoms with van der Waals surface area (Å²) in [4.78, 5) is 29.7. The monoisotopic (exact) mass is 463 g/mol. The quantitative estimate of drug-likeness (QED) is 0.307. The van der Waals surface area contributed by atoms with Gasteiger partial charge in [0.25, 0.3) is 0 Å². The fourth-order valence-electron chi connectivity index (χ4n) is 4.56. The van der Waals surface area contributed by atoms with Gasteiger partial charge in [-0.15, -0.1) is 0 Å². The number of aromatic nitrogens is 1. The highest BCUT2D eigenvalue weighted by molar-refractivity contribution is 5.86. The highest BCUT2D eigenvalue weighted by Crippen LogP contribution is 2.30. The molecule has 0 radical (unpaired) electrons. The Hall–Kier alpha value is -3.28. The van der Waals surface area contributed by atoms with Crippen molar-refractivity contribution in [1.82, 2.24) is 10.3 Å². The van der Waals surface area contributed by atoms with E-state index in [2.05, 4.69) is 54.2 Å². The number of carbonyl (C=O) groups is 2. The first-order chi connectivity index (χ1) is 16.5. The number of aryl methyl sites for hydroxylation is 1. The second-order valence-electron chi connectivity index (χ2n) is 8.76. The minimum Gasteiger partial charge on any atom is -0.481 e. The second-order valence-corrected chi connectivity index (χ2v) is 8.76. The zero-order valence-corrected chi connectivity index (χ0v) is 20.6. The largest absolute Gasteiger partial charge is 0.481 e. The fourth-order valence-corrected chi connectivity index (χ4v) is 4.56. The number of rotatable bonds is 13. The van der Waals surface area contributed by atoms with Crippen molar-refractivity contribution in [3.8, 4) is 0 Å². The van der Waals surface area contributed by atoms with Crippen LogP contribution in [-0.4, -0.2) is 35.1 Å². The minimum absolute atomic E-state index is 0.00238. The first kappa shape index (κ1) is 25.3. The number of carboxylic acid groups (broad SMARTS) is 1. The molecule has 34 heavy (non-hydrogen) atoms. The summed E-state index contributed by atoms with van der Waals surface area (Å²) < 4.78 is 0. The van der Waals surface area contributed by atoms with E-state index in [0.29, 0.717) is 6.42 Å². The fraction of sp³-hybridized carbons (Fsp3) is 0.429. The van der Waals surface area contributed by atoms with Crippen molar-refractivity contribution in [2.45, 2.75) is 65.3 Å². The van der Waals surface area contributed by atoms with Gasteiger partial charge in [-0.05, 0) is 61.6 Å². The lowest BCUT2D eigenvalue weighted by Gasteiger charge is -2.28. The van der Waals surface area contributed by atoms with Crippen molar-refractivity contribution in [2.24, 2.45) is 0 Å². The van der Waals surface area contributed by atoms with Gasteiger partial charge in [0.1, 0.15) is 0 Å². The molecule has 0 aliphatic heterocycles. The van der Waals surface area contributed by atoms with E-state index in [-0.39, 0.29) is 24.8 Å². The van der Waals surface area contributed by atoms with Crippen LogP contribution in [-0.2, 0) is 22.4 Å². The number of nitrogens with zero attached hydrogens (tertiary/aromatic N) is 1. The van der Waals surface area contributed by atoms with Crippen LogP contribution >= 0.6 is 0 Å². The van der Waals surface area contributed by atoms with Gasteiger partial charge in [-0.3, -0.25) is 9.59 Å². The summed E-state index contributed by atoms with van der Waals surface area (Å²) in [5.74, 6) is -0.814. The number of aliphatic carboxylic acids is 1. The summed E-state index contributed by atoms with van der Waals surface area (Å²) in [5.41, 5.74) is 5.20. The lowest BCUT2D eigenvalue weighted by molar-refractivity contribution is -0.137. The van der Waals surface area contributed by atoms with Crippen LogP contribution in [0.2, 0.25) is 0 Å². The highest BCUT2D eigenvalue weighted by Gasteiger charge is 2.20. The molecule has 0 aliphatic carbocycles. The number of fused-ring (bicyclic) bond motifs is 1. The third-order valence-electron chi connectivity index (χ3n) is 6.40. The molecule has 1 atom stereocenters. The number of unbranched alkanes of at least 4 members (excludes halogenated alkanes) is 1. The molecular formula is C28H37N3O3. The molecule has 0 saturated heterocycles. The Morgan fingerprint density at radius 3 is 2.56 bits per heavy atom. The number of para-hydroxylation sites is 1. The van der Waals surface area contributed by atoms with Crippen molar-refractivity contribution in [1.29, 1.82) is 0 Å². The van der Waals surface area contributed by atoms with Crippen LogP contribution in [0.1, 0.15) is 69.2 Å². The van der Waals surface area contributed by atoms with Gasteiger partial charge in [0.05, 0.1) is 12.5 Å². The summed E-state index contributed by atoms with van der Waals surface area (Å²) in [6.45, 7) is 8.32. The van der Waals surface area contributed by atoms with Crippen molar-refractivity contribution in [3.63, 3.8) is 0 Å². The molecule has 6 heteroatoms. The number of amides is 1. The first-order valence-corrected chi connectivity index (χ1v) is 12.4. The normalized spacial score (nSPS) is 12.0. The van der Waals surface area contributed by atoms with Crippen molar-refractivity contribution in [3.05, 3.63) is 65.4 Å². The predicted octanol–water partition coefficient (Wildman–Crippen LogP) is 5.62. The lowest BCUT2D eigenvalue weighted by Crippen LogP contribution is -2.32. The molecule has 0 fully saturated rings. The maximum atomic E-state index is 13.1. The van der Waals surface area contributed by atoms with E-state index in [1.807, 2.05) is 30.5 Å². The third kappa shape index (κ3) is 6.40. The van der Waals surface area contributed by atoms with Crippen molar-refractivity contribution in [2.75, 3.05) is 18.0 Å². The number of H-pyrrole nitrogens is 1. The van der Waals surface area contributed by atoms with Gasteiger partial charge < -0.3 is 20.3 Å². The Morgan fingerprint density at radius 2 is 1.85 bits per heavy atom. The maximum Gasteiger partial charge on any atom is 0.303 e. The summed E-state index contributed by atoms with van der Waals surface area (Å²) in [6, 6.07) is 14.3. The van der Waals surface area contributed by atoms with Crippen LogP contribution in [0, 0.1) is 0 Å². The highest BCUT2D eigenvalue weighted by atomic mass is 16.4. The van der Waals surface area contributed by atoms with E-state index >= 15 is 0 Å². The average molecular weight is 464 g/mol. The Morgan fingerprint density at radius 1 is 1.09 bits per heavy atom. The van der Waals surface area contributed by atoms with Gasteiger partial charge >= 0.3 is 5.97 Å². The first-order valence-electron chi connectivity index (χ1n) is 12.4. The molecule has 182 valence electrons. The Labute approximate surface area is 202 Å². The predicted molar refractivity (Wildman–Crippen MR) is 138 cm³/mol. The zero-order chi connectivity index (χ0) is 24.5. The number of anilines is 1. The Balaban J connectivity index is 1.79. The molecule has 0 spiro atoms. The number of nitrogens with one attached hydrogen (secondary N) is 2. The Kier molecular flexibility index (Phi) is 9.14. The molecule has 6 nitrogen and oxygen atoms in total. The summed E-state index contributed by atoms with van der Waals surface area (Å²) in [5, 5.41) is 13.3. The SMILES string of the molecule is CCCCC(NC(=O)Cc1ccc2[nH]cc(CCC(=O)O)c2c1)c1ccccc1N(CC)CC. The molecule has 1 aromatic heterocycles. The molecule has 0 saturated carbocycles. The molecular weight excluding hydrogens is 426 g/mol. The van der Waals surface area contributed by atoms with E-state index < -0.39 is 5.97 Å². The van der Waals surface area contributed by atoms with Gasteiger partial charge in [0.2, 0.25) is 5.91 Å². The molecule has 1 amide bonds. The van der Waals surface area contributed by atoms with Crippen molar-refractivity contribution >= 4 is 28.5 Å². The number of aromatic amines is 1. The van der Waals surface area contributed by atoms with E-state index in [0.717, 1.165) is 54.4 Å². The van der Waals surface area contributed by atoms with E-state index in [1.54, 1.807) is 0 Å². The van der Waals surface area contributed by atoms with Gasteiger partial charge in [-0.25, -0.2) is 0 Å². The summed E-state index contributed by atoms with van der Waals surface area (Å²) >= 11 is 0. The van der Waals surface area contributed by atoms with Gasteiger partial charge in [0, 0.05) is 42.3 Å². The van der Waals surface area contributed by atoms with Crippen LogP contribution in [0.25, 0.3) is 10.9 Å². The number of benzene rings is 2. The molecule has 1 heterocycles. The van der Waals surface area contributed by atoms with Crippen LogP contribution in [0.5, 0.6) is 0 Å². The van der Waals surface area contributed by atoms with Crippen LogP contribution in [0.15, 0.2) is 48.7 Å². The molecule has 3 aromatic rings. The Bertz CT molecular complexity index is 1100. The number of carbonyl (C=O) groups excluding carboxylic acids is 1. The van der Waals surface area contributed by atoms with E-state index in [1.165, 1.54) is 11.3 Å². The average Bonchev–Trinajstić information content (AvgIpc) is 3.24. The molecule has 0 bridgehead atoms. The summed E-state index contributed by atoms with van der Waals surface area (Å²) in [7, 11) is 0. The third-order valence-corrected chi connectivity index (χ3v) is 6.40. The minimum atomic E-state index is -0.812. The molecule has 3 rings (SSSR count). The van der Waals surface area contributed by atoms with Crippen molar-refractivity contribution < 1.29 is 14.7 Å². The van der Waals surface area contributed by atoms with Gasteiger partial charge in [-0.1, -0.05) is 44.0 Å². The number of hydrogen-bond acceptors (Lipinski definition) is 3. The summed E-state index contributed by atoms with van der Waals surface area (Å²) in [6.07, 6.45) is 5.71. The number of hydrogen-bond donors (Lipinski definition) is 3.